The number of aromatic nitrogens is 2. The van der Waals surface area contributed by atoms with Gasteiger partial charge in [-0.2, -0.15) is 5.10 Å². The maximum absolute atomic E-state index is 4.61. The molecule has 3 rings (SSSR count). The van der Waals surface area contributed by atoms with E-state index in [1.54, 1.807) is 0 Å². The summed E-state index contributed by atoms with van der Waals surface area (Å²) >= 11 is 0. The van der Waals surface area contributed by atoms with E-state index in [-0.39, 0.29) is 0 Å². The van der Waals surface area contributed by atoms with Crippen LogP contribution in [0.2, 0.25) is 0 Å². The Hall–Kier alpha value is -0.830. The third-order valence-electron chi connectivity index (χ3n) is 3.35. The Kier molecular flexibility index (Phi) is 1.87. The van der Waals surface area contributed by atoms with E-state index in [2.05, 4.69) is 16.6 Å². The lowest BCUT2D eigenvalue weighted by Crippen LogP contribution is -2.08. The van der Waals surface area contributed by atoms with Crippen LogP contribution in [0.15, 0.2) is 6.20 Å². The third-order valence-corrected chi connectivity index (χ3v) is 3.35. The molecule has 1 aromatic heterocycles. The standard InChI is InChI=1S/C11H17N3/c1-14-7-10(9-4-5-12-6-9)11(13-14)8-2-3-8/h7-9,12H,2-6H2,1H3. The molecule has 1 aliphatic carbocycles. The summed E-state index contributed by atoms with van der Waals surface area (Å²) in [5.41, 5.74) is 2.90. The Morgan fingerprint density at radius 2 is 2.21 bits per heavy atom. The zero-order valence-corrected chi connectivity index (χ0v) is 8.66. The Balaban J connectivity index is 1.93. The lowest BCUT2D eigenvalue weighted by atomic mass is 9.97. The van der Waals surface area contributed by atoms with Crippen LogP contribution in [-0.4, -0.2) is 22.9 Å². The molecular formula is C11H17N3. The number of nitrogens with one attached hydrogen (secondary N) is 1. The second-order valence-electron chi connectivity index (χ2n) is 4.61. The zero-order chi connectivity index (χ0) is 9.54. The highest BCUT2D eigenvalue weighted by Crippen LogP contribution is 2.43. The second kappa shape index (κ2) is 3.09. The van der Waals surface area contributed by atoms with Crippen LogP contribution < -0.4 is 5.32 Å². The van der Waals surface area contributed by atoms with E-state index < -0.39 is 0 Å². The highest BCUT2D eigenvalue weighted by Gasteiger charge is 2.32. The van der Waals surface area contributed by atoms with Crippen molar-refractivity contribution in [3.05, 3.63) is 17.5 Å². The molecule has 1 N–H and O–H groups in total. The topological polar surface area (TPSA) is 29.9 Å². The SMILES string of the molecule is Cn1cc(C2CCNC2)c(C2CC2)n1. The van der Waals surface area contributed by atoms with Gasteiger partial charge in [0.2, 0.25) is 0 Å². The fourth-order valence-corrected chi connectivity index (χ4v) is 2.43. The van der Waals surface area contributed by atoms with Crippen LogP contribution in [0.5, 0.6) is 0 Å². The van der Waals surface area contributed by atoms with Gasteiger partial charge in [0.05, 0.1) is 5.69 Å². The van der Waals surface area contributed by atoms with Crippen molar-refractivity contribution < 1.29 is 0 Å². The molecule has 2 fully saturated rings. The molecule has 1 aliphatic heterocycles. The van der Waals surface area contributed by atoms with Crippen molar-refractivity contribution in [1.82, 2.24) is 15.1 Å². The van der Waals surface area contributed by atoms with Gasteiger partial charge in [-0.15, -0.1) is 0 Å². The van der Waals surface area contributed by atoms with Crippen molar-refractivity contribution in [2.75, 3.05) is 13.1 Å². The van der Waals surface area contributed by atoms with Gasteiger partial charge < -0.3 is 5.32 Å². The largest absolute Gasteiger partial charge is 0.316 e. The van der Waals surface area contributed by atoms with E-state index in [4.69, 9.17) is 0 Å². The first kappa shape index (κ1) is 8.48. The van der Waals surface area contributed by atoms with Crippen LogP contribution >= 0.6 is 0 Å². The minimum absolute atomic E-state index is 0.722. The first-order chi connectivity index (χ1) is 6.84. The molecule has 76 valence electrons. The quantitative estimate of drug-likeness (QED) is 0.765. The number of rotatable bonds is 2. The minimum Gasteiger partial charge on any atom is -0.316 e. The molecule has 1 saturated heterocycles. The van der Waals surface area contributed by atoms with Gasteiger partial charge in [0, 0.05) is 31.6 Å². The summed E-state index contributed by atoms with van der Waals surface area (Å²) in [5, 5.41) is 8.04. The summed E-state index contributed by atoms with van der Waals surface area (Å²) in [6, 6.07) is 0. The summed E-state index contributed by atoms with van der Waals surface area (Å²) in [7, 11) is 2.04. The van der Waals surface area contributed by atoms with Crippen LogP contribution in [0.25, 0.3) is 0 Å². The van der Waals surface area contributed by atoms with Crippen LogP contribution in [0.3, 0.4) is 0 Å². The molecule has 0 aromatic carbocycles. The first-order valence-corrected chi connectivity index (χ1v) is 5.59. The van der Waals surface area contributed by atoms with Gasteiger partial charge in [-0.3, -0.25) is 4.68 Å². The third kappa shape index (κ3) is 1.36. The van der Waals surface area contributed by atoms with Gasteiger partial charge in [0.1, 0.15) is 0 Å². The number of hydrogen-bond donors (Lipinski definition) is 1. The van der Waals surface area contributed by atoms with Crippen molar-refractivity contribution in [2.24, 2.45) is 7.05 Å². The van der Waals surface area contributed by atoms with E-state index in [9.17, 15) is 0 Å². The van der Waals surface area contributed by atoms with E-state index in [0.29, 0.717) is 0 Å². The predicted octanol–water partition coefficient (Wildman–Crippen LogP) is 1.37. The van der Waals surface area contributed by atoms with Crippen molar-refractivity contribution in [2.45, 2.75) is 31.1 Å². The fraction of sp³-hybridized carbons (Fsp3) is 0.727. The number of nitrogens with zero attached hydrogens (tertiary/aromatic N) is 2. The lowest BCUT2D eigenvalue weighted by Gasteiger charge is -2.07. The minimum atomic E-state index is 0.722. The van der Waals surface area contributed by atoms with Crippen molar-refractivity contribution in [3.63, 3.8) is 0 Å². The molecule has 0 spiro atoms. The highest BCUT2D eigenvalue weighted by atomic mass is 15.3. The highest BCUT2D eigenvalue weighted by molar-refractivity contribution is 5.29. The van der Waals surface area contributed by atoms with E-state index >= 15 is 0 Å². The van der Waals surface area contributed by atoms with Crippen molar-refractivity contribution >= 4 is 0 Å². The van der Waals surface area contributed by atoms with Crippen molar-refractivity contribution in [3.8, 4) is 0 Å². The molecule has 2 aliphatic rings. The normalized spacial score (nSPS) is 27.1. The molecule has 0 radical (unpaired) electrons. The first-order valence-electron chi connectivity index (χ1n) is 5.59. The monoisotopic (exact) mass is 191 g/mol. The van der Waals surface area contributed by atoms with Gasteiger partial charge in [-0.1, -0.05) is 0 Å². The van der Waals surface area contributed by atoms with Crippen LogP contribution in [-0.2, 0) is 7.05 Å². The summed E-state index contributed by atoms with van der Waals surface area (Å²) < 4.78 is 1.99. The maximum Gasteiger partial charge on any atom is 0.0690 e. The van der Waals surface area contributed by atoms with Gasteiger partial charge >= 0.3 is 0 Å². The van der Waals surface area contributed by atoms with E-state index in [1.165, 1.54) is 37.1 Å². The molecule has 3 heteroatoms. The van der Waals surface area contributed by atoms with Crippen molar-refractivity contribution in [1.29, 1.82) is 0 Å². The summed E-state index contributed by atoms with van der Waals surface area (Å²) in [6.07, 6.45) is 6.21. The molecule has 1 unspecified atom stereocenters. The summed E-state index contributed by atoms with van der Waals surface area (Å²) in [4.78, 5) is 0. The molecule has 1 saturated carbocycles. The molecule has 0 amide bonds. The smallest absolute Gasteiger partial charge is 0.0690 e. The molecule has 1 aromatic rings. The Morgan fingerprint density at radius 3 is 2.86 bits per heavy atom. The average Bonchev–Trinajstić information content (AvgIpc) is 2.74. The summed E-state index contributed by atoms with van der Waals surface area (Å²) in [5.74, 6) is 1.51. The van der Waals surface area contributed by atoms with Gasteiger partial charge in [0.25, 0.3) is 0 Å². The number of aryl methyl sites for hydroxylation is 1. The van der Waals surface area contributed by atoms with E-state index in [0.717, 1.165) is 18.4 Å². The lowest BCUT2D eigenvalue weighted by molar-refractivity contribution is 0.743. The predicted molar refractivity (Wildman–Crippen MR) is 55.4 cm³/mol. The molecule has 1 atom stereocenters. The van der Waals surface area contributed by atoms with Crippen LogP contribution in [0, 0.1) is 0 Å². The molecule has 3 nitrogen and oxygen atoms in total. The maximum atomic E-state index is 4.61. The summed E-state index contributed by atoms with van der Waals surface area (Å²) in [6.45, 7) is 2.31. The Bertz CT molecular complexity index is 332. The fourth-order valence-electron chi connectivity index (χ4n) is 2.43. The molecule has 14 heavy (non-hydrogen) atoms. The van der Waals surface area contributed by atoms with Gasteiger partial charge in [-0.05, 0) is 31.4 Å². The molecule has 2 heterocycles. The van der Waals surface area contributed by atoms with Crippen LogP contribution in [0.1, 0.15) is 42.4 Å². The van der Waals surface area contributed by atoms with Crippen LogP contribution in [0.4, 0.5) is 0 Å². The van der Waals surface area contributed by atoms with Gasteiger partial charge in [-0.25, -0.2) is 0 Å². The second-order valence-corrected chi connectivity index (χ2v) is 4.61. The zero-order valence-electron chi connectivity index (χ0n) is 8.66. The molecule has 0 bridgehead atoms. The Labute approximate surface area is 84.5 Å². The van der Waals surface area contributed by atoms with E-state index in [1.807, 2.05) is 11.7 Å². The van der Waals surface area contributed by atoms with Gasteiger partial charge in [0.15, 0.2) is 0 Å². The number of hydrogen-bond acceptors (Lipinski definition) is 2. The Morgan fingerprint density at radius 1 is 1.36 bits per heavy atom. The average molecular weight is 191 g/mol. The molecular weight excluding hydrogens is 174 g/mol.